The molecular weight excluding hydrogens is 478 g/mol. The van der Waals surface area contributed by atoms with E-state index in [2.05, 4.69) is 38.2 Å². The van der Waals surface area contributed by atoms with Gasteiger partial charge in [-0.1, -0.05) is 18.6 Å². The predicted molar refractivity (Wildman–Crippen MR) is 146 cm³/mol. The molecule has 2 aromatic heterocycles. The quantitative estimate of drug-likeness (QED) is 0.450. The third-order valence-electron chi connectivity index (χ3n) is 9.46. The normalized spacial score (nSPS) is 28.9. The van der Waals surface area contributed by atoms with E-state index < -0.39 is 0 Å². The number of ether oxygens (including phenoxy) is 2. The number of fused-ring (bicyclic) bond motifs is 3. The summed E-state index contributed by atoms with van der Waals surface area (Å²) < 4.78 is 14.8. The molecule has 200 valence electrons. The first-order valence-electron chi connectivity index (χ1n) is 14.4. The van der Waals surface area contributed by atoms with Crippen LogP contribution in [0.15, 0.2) is 36.8 Å². The molecule has 2 aliphatic heterocycles. The van der Waals surface area contributed by atoms with E-state index in [9.17, 15) is 4.79 Å². The summed E-state index contributed by atoms with van der Waals surface area (Å²) in [6.07, 6.45) is 15.9. The summed E-state index contributed by atoms with van der Waals surface area (Å²) in [5, 5.41) is 4.19. The maximum absolute atomic E-state index is 12.4. The molecule has 0 radical (unpaired) electrons. The molecule has 38 heavy (non-hydrogen) atoms. The second-order valence-corrected chi connectivity index (χ2v) is 11.9. The van der Waals surface area contributed by atoms with Gasteiger partial charge in [0.1, 0.15) is 35.7 Å². The summed E-state index contributed by atoms with van der Waals surface area (Å²) in [6.45, 7) is 0.598. The number of aromatic nitrogens is 3. The number of anilines is 1. The molecule has 1 amide bonds. The molecule has 0 spiro atoms. The minimum Gasteiger partial charge on any atom is -0.491 e. The lowest BCUT2D eigenvalue weighted by molar-refractivity contribution is -0.128. The number of carbonyl (C=O) groups excluding carboxylic acids is 1. The van der Waals surface area contributed by atoms with E-state index in [0.717, 1.165) is 92.1 Å². The maximum atomic E-state index is 12.4. The molecule has 4 fully saturated rings. The molecule has 2 saturated heterocycles. The summed E-state index contributed by atoms with van der Waals surface area (Å²) in [5.74, 6) is 1.83. The average Bonchev–Trinajstić information content (AvgIpc) is 3.61. The smallest absolute Gasteiger partial charge is 0.223 e. The molecule has 4 aliphatic rings. The Morgan fingerprint density at radius 1 is 1.11 bits per heavy atom. The molecule has 8 heteroatoms. The second kappa shape index (κ2) is 9.56. The van der Waals surface area contributed by atoms with E-state index in [1.54, 1.807) is 6.33 Å². The van der Waals surface area contributed by atoms with Crippen molar-refractivity contribution in [1.29, 1.82) is 0 Å². The zero-order valence-electron chi connectivity index (χ0n) is 21.9. The van der Waals surface area contributed by atoms with Crippen molar-refractivity contribution in [2.75, 3.05) is 12.3 Å². The zero-order chi connectivity index (χ0) is 25.7. The molecule has 2 aliphatic carbocycles. The van der Waals surface area contributed by atoms with Crippen LogP contribution in [-0.4, -0.2) is 44.8 Å². The highest BCUT2D eigenvalue weighted by atomic mass is 16.6. The van der Waals surface area contributed by atoms with E-state index in [4.69, 9.17) is 15.2 Å². The Morgan fingerprint density at radius 3 is 2.63 bits per heavy atom. The lowest BCUT2D eigenvalue weighted by Crippen LogP contribution is -2.42. The van der Waals surface area contributed by atoms with Gasteiger partial charge in [0.15, 0.2) is 0 Å². The molecule has 8 nitrogen and oxygen atoms in total. The van der Waals surface area contributed by atoms with Gasteiger partial charge in [-0.2, -0.15) is 0 Å². The largest absolute Gasteiger partial charge is 0.491 e. The molecule has 2 saturated carbocycles. The Bertz CT molecular complexity index is 1330. The standard InChI is InChI=1S/C30H37N5O3/c31-27-26-25(20-5-2-6-24(15-20)37-17-30-13-11-23(38-30)12-14-30)16-35(28(26)33-18-32-27)22-9-7-21(8-10-22)34-29(36)19-3-1-4-19/h2,5-6,15-16,18-19,21-23H,1,3-4,7-14,17H2,(H,34,36)(H2,31,32,33). The lowest BCUT2D eigenvalue weighted by atomic mass is 9.84. The summed E-state index contributed by atoms with van der Waals surface area (Å²) in [7, 11) is 0. The third-order valence-corrected chi connectivity index (χ3v) is 9.46. The van der Waals surface area contributed by atoms with Crippen LogP contribution in [-0.2, 0) is 9.53 Å². The first kappa shape index (κ1) is 23.9. The van der Waals surface area contributed by atoms with Gasteiger partial charge in [0, 0.05) is 29.8 Å². The van der Waals surface area contributed by atoms with Crippen molar-refractivity contribution in [1.82, 2.24) is 19.9 Å². The van der Waals surface area contributed by atoms with Crippen LogP contribution in [0.1, 0.15) is 76.7 Å². The van der Waals surface area contributed by atoms with Gasteiger partial charge in [-0.25, -0.2) is 9.97 Å². The molecule has 1 aromatic carbocycles. The van der Waals surface area contributed by atoms with E-state index >= 15 is 0 Å². The highest BCUT2D eigenvalue weighted by molar-refractivity contribution is 6.00. The number of rotatable bonds is 7. The number of nitrogens with two attached hydrogens (primary N) is 1. The summed E-state index contributed by atoms with van der Waals surface area (Å²) in [4.78, 5) is 21.4. The first-order valence-corrected chi connectivity index (χ1v) is 14.4. The van der Waals surface area contributed by atoms with Crippen LogP contribution in [0, 0.1) is 5.92 Å². The number of hydrogen-bond acceptors (Lipinski definition) is 6. The van der Waals surface area contributed by atoms with Crippen LogP contribution < -0.4 is 15.8 Å². The van der Waals surface area contributed by atoms with Crippen molar-refractivity contribution in [2.45, 2.75) is 94.4 Å². The van der Waals surface area contributed by atoms with Gasteiger partial charge in [0.05, 0.1) is 11.5 Å². The van der Waals surface area contributed by atoms with Crippen molar-refractivity contribution >= 4 is 22.8 Å². The minimum absolute atomic E-state index is 0.106. The van der Waals surface area contributed by atoms with Gasteiger partial charge < -0.3 is 25.1 Å². The van der Waals surface area contributed by atoms with Crippen LogP contribution in [0.25, 0.3) is 22.2 Å². The number of hydrogen-bond donors (Lipinski definition) is 2. The molecule has 2 bridgehead atoms. The fourth-order valence-corrected chi connectivity index (χ4v) is 6.95. The average molecular weight is 516 g/mol. The fourth-order valence-electron chi connectivity index (χ4n) is 6.95. The fraction of sp³-hybridized carbons (Fsp3) is 0.567. The summed E-state index contributed by atoms with van der Waals surface area (Å²) in [6, 6.07) is 8.82. The highest BCUT2D eigenvalue weighted by Gasteiger charge is 2.46. The molecule has 3 N–H and O–H groups in total. The van der Waals surface area contributed by atoms with Gasteiger partial charge >= 0.3 is 0 Å². The van der Waals surface area contributed by atoms with Crippen molar-refractivity contribution < 1.29 is 14.3 Å². The first-order chi connectivity index (χ1) is 18.6. The maximum Gasteiger partial charge on any atom is 0.223 e. The topological polar surface area (TPSA) is 104 Å². The van der Waals surface area contributed by atoms with Gasteiger partial charge in [0.25, 0.3) is 0 Å². The number of amides is 1. The van der Waals surface area contributed by atoms with Crippen molar-refractivity contribution in [3.05, 3.63) is 36.8 Å². The Labute approximate surface area is 223 Å². The van der Waals surface area contributed by atoms with Crippen molar-refractivity contribution in [3.63, 3.8) is 0 Å². The van der Waals surface area contributed by atoms with Crippen LogP contribution in [0.2, 0.25) is 0 Å². The number of nitrogen functional groups attached to an aromatic ring is 1. The Balaban J connectivity index is 1.11. The minimum atomic E-state index is -0.106. The van der Waals surface area contributed by atoms with Gasteiger partial charge in [-0.05, 0) is 81.9 Å². The van der Waals surface area contributed by atoms with Crippen LogP contribution in [0.4, 0.5) is 5.82 Å². The highest BCUT2D eigenvalue weighted by Crippen LogP contribution is 2.44. The predicted octanol–water partition coefficient (Wildman–Crippen LogP) is 5.17. The van der Waals surface area contributed by atoms with Crippen LogP contribution in [0.3, 0.4) is 0 Å². The van der Waals surface area contributed by atoms with Gasteiger partial charge in [-0.3, -0.25) is 4.79 Å². The zero-order valence-corrected chi connectivity index (χ0v) is 21.9. The summed E-state index contributed by atoms with van der Waals surface area (Å²) in [5.41, 5.74) is 9.26. The Morgan fingerprint density at radius 2 is 1.92 bits per heavy atom. The number of carbonyl (C=O) groups is 1. The molecular formula is C30H37N5O3. The van der Waals surface area contributed by atoms with Crippen molar-refractivity contribution in [2.24, 2.45) is 5.92 Å². The molecule has 3 aromatic rings. The monoisotopic (exact) mass is 515 g/mol. The molecule has 4 heterocycles. The van der Waals surface area contributed by atoms with E-state index in [-0.39, 0.29) is 23.5 Å². The van der Waals surface area contributed by atoms with Crippen molar-refractivity contribution in [3.8, 4) is 16.9 Å². The second-order valence-electron chi connectivity index (χ2n) is 11.9. The van der Waals surface area contributed by atoms with E-state index in [0.29, 0.717) is 24.6 Å². The number of nitrogens with zero attached hydrogens (tertiary/aromatic N) is 3. The van der Waals surface area contributed by atoms with Gasteiger partial charge in [0.2, 0.25) is 5.91 Å². The van der Waals surface area contributed by atoms with Crippen LogP contribution >= 0.6 is 0 Å². The Kier molecular flexibility index (Phi) is 6.02. The number of nitrogens with one attached hydrogen (secondary N) is 1. The SMILES string of the molecule is Nc1ncnc2c1c(-c1cccc(OCC34CCC(CC3)O4)c1)cn2C1CCC(NC(=O)C2CCC2)CC1. The molecule has 0 unspecified atom stereocenters. The Hall–Kier alpha value is -3.13. The third kappa shape index (κ3) is 4.32. The molecule has 0 atom stereocenters. The van der Waals surface area contributed by atoms with E-state index in [1.807, 2.05) is 12.1 Å². The number of benzene rings is 1. The van der Waals surface area contributed by atoms with Crippen LogP contribution in [0.5, 0.6) is 5.75 Å². The lowest BCUT2D eigenvalue weighted by Gasteiger charge is -2.32. The van der Waals surface area contributed by atoms with Gasteiger partial charge in [-0.15, -0.1) is 0 Å². The summed E-state index contributed by atoms with van der Waals surface area (Å²) >= 11 is 0. The van der Waals surface area contributed by atoms with E-state index in [1.165, 1.54) is 6.42 Å². The molecule has 7 rings (SSSR count).